The van der Waals surface area contributed by atoms with Crippen LogP contribution in [0.4, 0.5) is 0 Å². The molecule has 2 aromatic rings. The number of benzene rings is 1. The summed E-state index contributed by atoms with van der Waals surface area (Å²) in [6, 6.07) is 8.48. The van der Waals surface area contributed by atoms with E-state index in [1.165, 1.54) is 23.8 Å². The van der Waals surface area contributed by atoms with Crippen molar-refractivity contribution in [1.29, 1.82) is 0 Å². The van der Waals surface area contributed by atoms with Crippen LogP contribution < -0.4 is 0 Å². The van der Waals surface area contributed by atoms with Gasteiger partial charge in [0.2, 0.25) is 0 Å². The number of fused-ring (bicyclic) bond motifs is 1. The normalized spacial score (nSPS) is 15.8. The van der Waals surface area contributed by atoms with E-state index in [-0.39, 0.29) is 12.1 Å². The van der Waals surface area contributed by atoms with Crippen molar-refractivity contribution in [3.8, 4) is 0 Å². The monoisotopic (exact) mass is 271 g/mol. The zero-order valence-electron chi connectivity index (χ0n) is 12.0. The van der Waals surface area contributed by atoms with E-state index >= 15 is 0 Å². The predicted molar refractivity (Wildman–Crippen MR) is 79.7 cm³/mol. The molecular weight excluding hydrogens is 250 g/mol. The molecule has 1 heterocycles. The van der Waals surface area contributed by atoms with E-state index in [0.29, 0.717) is 6.54 Å². The molecule has 0 radical (unpaired) electrons. The molecule has 1 aliphatic rings. The van der Waals surface area contributed by atoms with Crippen LogP contribution in [0.2, 0.25) is 0 Å². The molecule has 1 fully saturated rings. The second-order valence-corrected chi connectivity index (χ2v) is 5.59. The number of nitrogens with zero attached hydrogens (tertiary/aromatic N) is 1. The SMILES string of the molecule is CCc1ccc2c(ccn2CC(=O)OC2CCCC2)c1. The van der Waals surface area contributed by atoms with E-state index in [2.05, 4.69) is 31.2 Å². The molecular formula is C17H21NO2. The number of carbonyl (C=O) groups excluding carboxylic acids is 1. The van der Waals surface area contributed by atoms with Crippen LogP contribution in [0.3, 0.4) is 0 Å². The van der Waals surface area contributed by atoms with Crippen LogP contribution in [0.15, 0.2) is 30.5 Å². The molecule has 106 valence electrons. The third-order valence-corrected chi connectivity index (χ3v) is 4.14. The molecule has 0 unspecified atom stereocenters. The highest BCUT2D eigenvalue weighted by Gasteiger charge is 2.19. The average Bonchev–Trinajstić information content (AvgIpc) is 3.08. The molecule has 1 aromatic carbocycles. The number of aryl methyl sites for hydroxylation is 1. The Morgan fingerprint density at radius 3 is 2.85 bits per heavy atom. The Hall–Kier alpha value is -1.77. The van der Waals surface area contributed by atoms with Crippen molar-refractivity contribution < 1.29 is 9.53 Å². The summed E-state index contributed by atoms with van der Waals surface area (Å²) in [4.78, 5) is 12.0. The fourth-order valence-corrected chi connectivity index (χ4v) is 2.98. The highest BCUT2D eigenvalue weighted by atomic mass is 16.5. The van der Waals surface area contributed by atoms with Crippen molar-refractivity contribution in [1.82, 2.24) is 4.57 Å². The Labute approximate surface area is 119 Å². The molecule has 3 heteroatoms. The second kappa shape index (κ2) is 5.70. The van der Waals surface area contributed by atoms with Gasteiger partial charge in [0.1, 0.15) is 12.6 Å². The molecule has 0 saturated heterocycles. The summed E-state index contributed by atoms with van der Waals surface area (Å²) in [7, 11) is 0. The Kier molecular flexibility index (Phi) is 3.77. The molecule has 0 amide bonds. The predicted octanol–water partition coefficient (Wildman–Crippen LogP) is 3.69. The summed E-state index contributed by atoms with van der Waals surface area (Å²) in [5.74, 6) is -0.117. The maximum Gasteiger partial charge on any atom is 0.326 e. The fourth-order valence-electron chi connectivity index (χ4n) is 2.98. The lowest BCUT2D eigenvalue weighted by molar-refractivity contribution is -0.149. The minimum atomic E-state index is -0.117. The number of hydrogen-bond donors (Lipinski definition) is 0. The quantitative estimate of drug-likeness (QED) is 0.794. The van der Waals surface area contributed by atoms with Crippen LogP contribution in [-0.2, 0) is 22.5 Å². The van der Waals surface area contributed by atoms with Gasteiger partial charge in [-0.1, -0.05) is 13.0 Å². The molecule has 0 N–H and O–H groups in total. The van der Waals surface area contributed by atoms with Gasteiger partial charge in [-0.2, -0.15) is 0 Å². The first kappa shape index (κ1) is 13.2. The number of aromatic nitrogens is 1. The van der Waals surface area contributed by atoms with Gasteiger partial charge >= 0.3 is 5.97 Å². The molecule has 3 rings (SSSR count). The summed E-state index contributed by atoms with van der Waals surface area (Å²) in [6.07, 6.45) is 7.57. The van der Waals surface area contributed by atoms with E-state index in [1.54, 1.807) is 0 Å². The molecule has 0 spiro atoms. The van der Waals surface area contributed by atoms with Crippen LogP contribution in [0, 0.1) is 0 Å². The molecule has 1 saturated carbocycles. The summed E-state index contributed by atoms with van der Waals surface area (Å²) >= 11 is 0. The maximum absolute atomic E-state index is 12.0. The van der Waals surface area contributed by atoms with Crippen LogP contribution in [0.5, 0.6) is 0 Å². The van der Waals surface area contributed by atoms with Gasteiger partial charge in [-0.25, -0.2) is 0 Å². The van der Waals surface area contributed by atoms with Crippen LogP contribution in [-0.4, -0.2) is 16.6 Å². The van der Waals surface area contributed by atoms with Gasteiger partial charge in [0.05, 0.1) is 0 Å². The largest absolute Gasteiger partial charge is 0.461 e. The van der Waals surface area contributed by atoms with Gasteiger partial charge in [0, 0.05) is 11.7 Å². The minimum absolute atomic E-state index is 0.117. The van der Waals surface area contributed by atoms with Crippen LogP contribution >= 0.6 is 0 Å². The van der Waals surface area contributed by atoms with E-state index < -0.39 is 0 Å². The minimum Gasteiger partial charge on any atom is -0.461 e. The molecule has 0 atom stereocenters. The van der Waals surface area contributed by atoms with Crippen molar-refractivity contribution in [2.75, 3.05) is 0 Å². The molecule has 0 aliphatic heterocycles. The zero-order valence-corrected chi connectivity index (χ0v) is 12.0. The summed E-state index contributed by atoms with van der Waals surface area (Å²) in [6.45, 7) is 2.46. The highest BCUT2D eigenvalue weighted by Crippen LogP contribution is 2.22. The first-order chi connectivity index (χ1) is 9.76. The van der Waals surface area contributed by atoms with Crippen LogP contribution in [0.25, 0.3) is 10.9 Å². The Morgan fingerprint density at radius 1 is 1.30 bits per heavy atom. The first-order valence-corrected chi connectivity index (χ1v) is 7.53. The molecule has 1 aliphatic carbocycles. The number of carbonyl (C=O) groups is 1. The second-order valence-electron chi connectivity index (χ2n) is 5.59. The summed E-state index contributed by atoms with van der Waals surface area (Å²) in [5, 5.41) is 1.19. The lowest BCUT2D eigenvalue weighted by Gasteiger charge is -2.12. The third kappa shape index (κ3) is 2.72. The Morgan fingerprint density at radius 2 is 2.10 bits per heavy atom. The Balaban J connectivity index is 1.72. The number of rotatable bonds is 4. The van der Waals surface area contributed by atoms with Crippen molar-refractivity contribution >= 4 is 16.9 Å². The summed E-state index contributed by atoms with van der Waals surface area (Å²) < 4.78 is 7.50. The van der Waals surface area contributed by atoms with Gasteiger partial charge in [0.25, 0.3) is 0 Å². The number of ether oxygens (including phenoxy) is 1. The number of esters is 1. The maximum atomic E-state index is 12.0. The first-order valence-electron chi connectivity index (χ1n) is 7.53. The Bertz CT molecular complexity index is 608. The van der Waals surface area contributed by atoms with E-state index in [0.717, 1.165) is 24.8 Å². The van der Waals surface area contributed by atoms with Gasteiger partial charge in [-0.05, 0) is 61.3 Å². The van der Waals surface area contributed by atoms with E-state index in [4.69, 9.17) is 4.74 Å². The molecule has 20 heavy (non-hydrogen) atoms. The van der Waals surface area contributed by atoms with E-state index in [9.17, 15) is 4.79 Å². The average molecular weight is 271 g/mol. The zero-order chi connectivity index (χ0) is 13.9. The van der Waals surface area contributed by atoms with Crippen LogP contribution in [0.1, 0.15) is 38.2 Å². The lowest BCUT2D eigenvalue weighted by Crippen LogP contribution is -2.19. The molecule has 0 bridgehead atoms. The standard InChI is InChI=1S/C17H21NO2/c1-2-13-7-8-16-14(11-13)9-10-18(16)12-17(19)20-15-5-3-4-6-15/h7-11,15H,2-6,12H2,1H3. The van der Waals surface area contributed by atoms with Crippen molar-refractivity contribution in [2.24, 2.45) is 0 Å². The van der Waals surface area contributed by atoms with E-state index in [1.807, 2.05) is 10.8 Å². The van der Waals surface area contributed by atoms with Crippen molar-refractivity contribution in [3.63, 3.8) is 0 Å². The smallest absolute Gasteiger partial charge is 0.326 e. The summed E-state index contributed by atoms with van der Waals surface area (Å²) in [5.41, 5.74) is 2.43. The van der Waals surface area contributed by atoms with Gasteiger partial charge in [-0.15, -0.1) is 0 Å². The van der Waals surface area contributed by atoms with Crippen molar-refractivity contribution in [3.05, 3.63) is 36.0 Å². The topological polar surface area (TPSA) is 31.2 Å². The fraction of sp³-hybridized carbons (Fsp3) is 0.471. The third-order valence-electron chi connectivity index (χ3n) is 4.14. The lowest BCUT2D eigenvalue weighted by atomic mass is 10.1. The van der Waals surface area contributed by atoms with Crippen molar-refractivity contribution in [2.45, 2.75) is 51.7 Å². The number of hydrogen-bond acceptors (Lipinski definition) is 2. The highest BCUT2D eigenvalue weighted by molar-refractivity contribution is 5.82. The van der Waals surface area contributed by atoms with Gasteiger partial charge in [0.15, 0.2) is 0 Å². The molecule has 1 aromatic heterocycles. The van der Waals surface area contributed by atoms with Gasteiger partial charge < -0.3 is 9.30 Å². The van der Waals surface area contributed by atoms with Gasteiger partial charge in [-0.3, -0.25) is 4.79 Å². The molecule has 3 nitrogen and oxygen atoms in total.